The zero-order valence-electron chi connectivity index (χ0n) is 6.45. The van der Waals surface area contributed by atoms with Crippen LogP contribution in [0.2, 0.25) is 0 Å². The van der Waals surface area contributed by atoms with Crippen LogP contribution in [-0.2, 0) is 17.9 Å². The van der Waals surface area contributed by atoms with Gasteiger partial charge in [-0.15, -0.1) is 0 Å². The normalized spacial score (nSPS) is 15.2. The van der Waals surface area contributed by atoms with Gasteiger partial charge < -0.3 is 15.0 Å². The Balaban J connectivity index is 2.53. The van der Waals surface area contributed by atoms with Gasteiger partial charge in [0.05, 0.1) is 6.61 Å². The topological polar surface area (TPSA) is 76.9 Å². The summed E-state index contributed by atoms with van der Waals surface area (Å²) in [5, 5.41) is 8.62. The van der Waals surface area contributed by atoms with Gasteiger partial charge in [-0.3, -0.25) is 0 Å². The molecule has 2 heterocycles. The van der Waals surface area contributed by atoms with Crippen LogP contribution in [0.3, 0.4) is 0 Å². The van der Waals surface area contributed by atoms with Gasteiger partial charge in [-0.1, -0.05) is 0 Å². The number of hydrogen-bond donors (Lipinski definition) is 1. The summed E-state index contributed by atoms with van der Waals surface area (Å²) < 4.78 is 6.98. The molecule has 5 heteroatoms. The minimum absolute atomic E-state index is 0.301. The molecule has 1 aliphatic heterocycles. The second kappa shape index (κ2) is 2.50. The summed E-state index contributed by atoms with van der Waals surface area (Å²) >= 11 is 0. The second-order valence-electron chi connectivity index (χ2n) is 2.58. The third-order valence-corrected chi connectivity index (χ3v) is 1.88. The Morgan fingerprint density at radius 2 is 2.50 bits per heavy atom. The fraction of sp³-hybridized carbons (Fsp3) is 0.429. The Kier molecular flexibility index (Phi) is 1.48. The molecule has 5 nitrogen and oxygen atoms in total. The van der Waals surface area contributed by atoms with Gasteiger partial charge in [0.2, 0.25) is 0 Å². The average molecular weight is 164 g/mol. The highest BCUT2D eigenvalue weighted by atomic mass is 16.5. The molecule has 0 fully saturated rings. The van der Waals surface area contributed by atoms with E-state index in [0.29, 0.717) is 31.3 Å². The highest BCUT2D eigenvalue weighted by Crippen LogP contribution is 2.17. The lowest BCUT2D eigenvalue weighted by Crippen LogP contribution is -2.18. The molecule has 0 atom stereocenters. The van der Waals surface area contributed by atoms with E-state index in [0.717, 1.165) is 5.82 Å². The SMILES string of the molecule is N#Cc1nc2n(c1N)CCOC2. The van der Waals surface area contributed by atoms with Crippen LogP contribution in [0.5, 0.6) is 0 Å². The first-order chi connectivity index (χ1) is 5.83. The van der Waals surface area contributed by atoms with Crippen molar-refractivity contribution < 1.29 is 4.74 Å². The number of nitrogens with zero attached hydrogens (tertiary/aromatic N) is 3. The summed E-state index contributed by atoms with van der Waals surface area (Å²) in [7, 11) is 0. The minimum Gasteiger partial charge on any atom is -0.383 e. The lowest BCUT2D eigenvalue weighted by molar-refractivity contribution is 0.0823. The van der Waals surface area contributed by atoms with Crippen molar-refractivity contribution in [3.63, 3.8) is 0 Å². The number of imidazole rings is 1. The van der Waals surface area contributed by atoms with E-state index >= 15 is 0 Å². The largest absolute Gasteiger partial charge is 0.383 e. The average Bonchev–Trinajstić information content (AvgIpc) is 2.44. The van der Waals surface area contributed by atoms with Gasteiger partial charge in [0.15, 0.2) is 5.69 Å². The van der Waals surface area contributed by atoms with Crippen molar-refractivity contribution in [2.75, 3.05) is 12.3 Å². The standard InChI is InChI=1S/C7H8N4O/c8-3-5-7(9)11-1-2-12-4-6(11)10-5/h1-2,4,9H2. The fourth-order valence-electron chi connectivity index (χ4n) is 1.27. The minimum atomic E-state index is 0.301. The molecule has 2 rings (SSSR count). The molecule has 0 aromatic carbocycles. The number of fused-ring (bicyclic) bond motifs is 1. The van der Waals surface area contributed by atoms with Crippen LogP contribution < -0.4 is 5.73 Å². The first-order valence-corrected chi connectivity index (χ1v) is 3.65. The molecule has 1 aliphatic rings. The number of nitrogen functional groups attached to an aromatic ring is 1. The maximum atomic E-state index is 8.62. The second-order valence-corrected chi connectivity index (χ2v) is 2.58. The first-order valence-electron chi connectivity index (χ1n) is 3.65. The molecule has 0 bridgehead atoms. The van der Waals surface area contributed by atoms with E-state index < -0.39 is 0 Å². The van der Waals surface area contributed by atoms with Crippen molar-refractivity contribution in [3.05, 3.63) is 11.5 Å². The van der Waals surface area contributed by atoms with Gasteiger partial charge in [0.25, 0.3) is 0 Å². The monoisotopic (exact) mass is 164 g/mol. The van der Waals surface area contributed by atoms with Crippen molar-refractivity contribution in [2.24, 2.45) is 0 Å². The summed E-state index contributed by atoms with van der Waals surface area (Å²) in [6.45, 7) is 1.78. The molecule has 0 aliphatic carbocycles. The maximum Gasteiger partial charge on any atom is 0.182 e. The number of hydrogen-bond acceptors (Lipinski definition) is 4. The molecule has 62 valence electrons. The third-order valence-electron chi connectivity index (χ3n) is 1.88. The summed E-state index contributed by atoms with van der Waals surface area (Å²) in [6, 6.07) is 1.94. The summed E-state index contributed by atoms with van der Waals surface area (Å²) in [5.74, 6) is 1.20. The van der Waals surface area contributed by atoms with Gasteiger partial charge in [0, 0.05) is 6.54 Å². The molecule has 0 unspecified atom stereocenters. The van der Waals surface area contributed by atoms with E-state index in [9.17, 15) is 0 Å². The zero-order chi connectivity index (χ0) is 8.55. The molecule has 2 N–H and O–H groups in total. The highest BCUT2D eigenvalue weighted by Gasteiger charge is 2.17. The van der Waals surface area contributed by atoms with Crippen molar-refractivity contribution in [1.82, 2.24) is 9.55 Å². The number of anilines is 1. The van der Waals surface area contributed by atoms with Gasteiger partial charge in [-0.25, -0.2) is 4.98 Å². The van der Waals surface area contributed by atoms with Crippen LogP contribution in [0.25, 0.3) is 0 Å². The number of ether oxygens (including phenoxy) is 1. The highest BCUT2D eigenvalue weighted by molar-refractivity contribution is 5.46. The van der Waals surface area contributed by atoms with Crippen LogP contribution >= 0.6 is 0 Å². The van der Waals surface area contributed by atoms with Gasteiger partial charge in [-0.2, -0.15) is 5.26 Å². The van der Waals surface area contributed by atoms with Crippen LogP contribution in [-0.4, -0.2) is 16.2 Å². The number of nitrogens with two attached hydrogens (primary N) is 1. The van der Waals surface area contributed by atoms with Crippen molar-refractivity contribution in [1.29, 1.82) is 5.26 Å². The van der Waals surface area contributed by atoms with Crippen molar-refractivity contribution >= 4 is 5.82 Å². The Morgan fingerprint density at radius 3 is 3.17 bits per heavy atom. The number of aromatic nitrogens is 2. The molecule has 0 saturated carbocycles. The van der Waals surface area contributed by atoms with E-state index in [1.165, 1.54) is 0 Å². The van der Waals surface area contributed by atoms with Crippen molar-refractivity contribution in [3.8, 4) is 6.07 Å². The maximum absolute atomic E-state index is 8.62. The Morgan fingerprint density at radius 1 is 1.67 bits per heavy atom. The molecule has 1 aromatic rings. The summed E-state index contributed by atoms with van der Waals surface area (Å²) in [5.41, 5.74) is 5.96. The molecule has 0 amide bonds. The molecule has 0 saturated heterocycles. The predicted molar refractivity (Wildman–Crippen MR) is 41.0 cm³/mol. The first kappa shape index (κ1) is 7.13. The number of rotatable bonds is 0. The van der Waals surface area contributed by atoms with Crippen molar-refractivity contribution in [2.45, 2.75) is 13.2 Å². The summed E-state index contributed by atoms with van der Waals surface area (Å²) in [6.07, 6.45) is 0. The van der Waals surface area contributed by atoms with E-state index in [1.54, 1.807) is 0 Å². The molecule has 0 spiro atoms. The lowest BCUT2D eigenvalue weighted by Gasteiger charge is -2.14. The Labute approximate surface area is 69.4 Å². The van der Waals surface area contributed by atoms with Crippen LogP contribution in [0, 0.1) is 11.3 Å². The van der Waals surface area contributed by atoms with Gasteiger partial charge in [0.1, 0.15) is 24.3 Å². The van der Waals surface area contributed by atoms with Crippen LogP contribution in [0.4, 0.5) is 5.82 Å². The Bertz CT molecular complexity index is 349. The van der Waals surface area contributed by atoms with Gasteiger partial charge >= 0.3 is 0 Å². The molecule has 1 aromatic heterocycles. The molecule has 0 radical (unpaired) electrons. The third kappa shape index (κ3) is 0.855. The Hall–Kier alpha value is -1.54. The van der Waals surface area contributed by atoms with E-state index in [2.05, 4.69) is 4.98 Å². The lowest BCUT2D eigenvalue weighted by atomic mass is 10.4. The van der Waals surface area contributed by atoms with Crippen LogP contribution in [0.1, 0.15) is 11.5 Å². The van der Waals surface area contributed by atoms with E-state index in [1.807, 2.05) is 10.6 Å². The molecule has 12 heavy (non-hydrogen) atoms. The molecular formula is C7H8N4O. The van der Waals surface area contributed by atoms with Crippen LogP contribution in [0.15, 0.2) is 0 Å². The quantitative estimate of drug-likeness (QED) is 0.579. The zero-order valence-corrected chi connectivity index (χ0v) is 6.45. The smallest absolute Gasteiger partial charge is 0.182 e. The fourth-order valence-corrected chi connectivity index (χ4v) is 1.27. The summed E-state index contributed by atoms with van der Waals surface area (Å²) in [4.78, 5) is 4.02. The van der Waals surface area contributed by atoms with E-state index in [4.69, 9.17) is 15.7 Å². The molecular weight excluding hydrogens is 156 g/mol. The predicted octanol–water partition coefficient (Wildman–Crippen LogP) is -0.133. The number of nitriles is 1. The van der Waals surface area contributed by atoms with Gasteiger partial charge in [-0.05, 0) is 0 Å². The van der Waals surface area contributed by atoms with E-state index in [-0.39, 0.29) is 0 Å².